The van der Waals surface area contributed by atoms with Crippen LogP contribution in [-0.4, -0.2) is 39.8 Å². The fourth-order valence-electron chi connectivity index (χ4n) is 1.34. The average molecular weight is 402 g/mol. The summed E-state index contributed by atoms with van der Waals surface area (Å²) in [6.45, 7) is 4.78. The molecular formula is C12H13F3N2O6S2. The number of rotatable bonds is 6. The molecule has 0 bridgehead atoms. The number of carbonyl (C=O) groups excluding carboxylic acids is 1. The molecule has 0 radical (unpaired) electrons. The largest absolute Gasteiger partial charge is 0.524 e. The molecule has 0 aliphatic rings. The number of hydrogen-bond acceptors (Lipinski definition) is 6. The molecular weight excluding hydrogens is 389 g/mol. The average Bonchev–Trinajstić information content (AvgIpc) is 2.45. The van der Waals surface area contributed by atoms with Crippen LogP contribution in [0.15, 0.2) is 41.3 Å². The highest BCUT2D eigenvalue weighted by atomic mass is 32.2. The summed E-state index contributed by atoms with van der Waals surface area (Å²) >= 11 is 0. The Morgan fingerprint density at radius 1 is 1.24 bits per heavy atom. The predicted molar refractivity (Wildman–Crippen MR) is 80.9 cm³/mol. The van der Waals surface area contributed by atoms with Crippen molar-refractivity contribution in [2.75, 3.05) is 12.4 Å². The number of amides is 1. The van der Waals surface area contributed by atoms with Crippen molar-refractivity contribution in [3.63, 3.8) is 0 Å². The van der Waals surface area contributed by atoms with E-state index in [0.29, 0.717) is 7.05 Å². The second-order valence-electron chi connectivity index (χ2n) is 4.65. The molecule has 1 rings (SSSR count). The number of hydroxylamine groups is 1. The van der Waals surface area contributed by atoms with E-state index in [4.69, 9.17) is 0 Å². The number of halogens is 3. The van der Waals surface area contributed by atoms with E-state index in [1.54, 1.807) is 0 Å². The molecule has 1 N–H and O–H groups in total. The Morgan fingerprint density at radius 2 is 1.80 bits per heavy atom. The van der Waals surface area contributed by atoms with Crippen molar-refractivity contribution in [1.82, 2.24) is 4.47 Å². The number of benzene rings is 1. The Kier molecular flexibility index (Phi) is 6.00. The first-order valence-electron chi connectivity index (χ1n) is 6.25. The zero-order valence-electron chi connectivity index (χ0n) is 12.9. The molecule has 1 aromatic rings. The van der Waals surface area contributed by atoms with Crippen LogP contribution in [0.2, 0.25) is 0 Å². The van der Waals surface area contributed by atoms with E-state index >= 15 is 0 Å². The van der Waals surface area contributed by atoms with Crippen molar-refractivity contribution in [2.45, 2.75) is 17.3 Å². The molecule has 1 amide bonds. The maximum atomic E-state index is 12.3. The Hall–Kier alpha value is -1.96. The number of anilines is 1. The van der Waals surface area contributed by atoms with Gasteiger partial charge in [0.15, 0.2) is 0 Å². The molecule has 8 nitrogen and oxygen atoms in total. The predicted octanol–water partition coefficient (Wildman–Crippen LogP) is 1.60. The smallest absolute Gasteiger partial charge is 0.322 e. The van der Waals surface area contributed by atoms with Crippen LogP contribution < -0.4 is 5.32 Å². The maximum absolute atomic E-state index is 12.3. The first kappa shape index (κ1) is 21.1. The third-order valence-corrected chi connectivity index (χ3v) is 5.28. The van der Waals surface area contributed by atoms with Gasteiger partial charge in [0, 0.05) is 18.3 Å². The van der Waals surface area contributed by atoms with Crippen LogP contribution in [0.4, 0.5) is 18.9 Å². The SMILES string of the molecule is C=C(C)C(=O)Nc1cccc(S(=O)(=O)N(C)OS(=O)(=O)C(F)(F)F)c1. The molecule has 0 saturated heterocycles. The summed E-state index contributed by atoms with van der Waals surface area (Å²) in [6, 6.07) is 4.39. The lowest BCUT2D eigenvalue weighted by molar-refractivity contribution is -0.112. The van der Waals surface area contributed by atoms with Gasteiger partial charge in [-0.3, -0.25) is 4.79 Å². The molecule has 0 unspecified atom stereocenters. The van der Waals surface area contributed by atoms with Crippen LogP contribution in [0.1, 0.15) is 6.92 Å². The number of alkyl halides is 3. The minimum absolute atomic E-state index is 0.00107. The molecule has 0 aliphatic heterocycles. The molecule has 0 atom stereocenters. The molecule has 0 spiro atoms. The Labute approximate surface area is 142 Å². The van der Waals surface area contributed by atoms with Gasteiger partial charge in [-0.15, -0.1) is 0 Å². The maximum Gasteiger partial charge on any atom is 0.524 e. The van der Waals surface area contributed by atoms with Gasteiger partial charge in [0.2, 0.25) is 0 Å². The monoisotopic (exact) mass is 402 g/mol. The van der Waals surface area contributed by atoms with Crippen molar-refractivity contribution in [3.8, 4) is 0 Å². The third-order valence-electron chi connectivity index (χ3n) is 2.60. The van der Waals surface area contributed by atoms with E-state index in [0.717, 1.165) is 12.1 Å². The topological polar surface area (TPSA) is 110 Å². The highest BCUT2D eigenvalue weighted by molar-refractivity contribution is 7.91. The fraction of sp³-hybridized carbons (Fsp3) is 0.250. The second kappa shape index (κ2) is 7.11. The summed E-state index contributed by atoms with van der Waals surface area (Å²) in [5.41, 5.74) is -5.67. The lowest BCUT2D eigenvalue weighted by Crippen LogP contribution is -2.36. The molecule has 25 heavy (non-hydrogen) atoms. The number of carbonyl (C=O) groups is 1. The van der Waals surface area contributed by atoms with E-state index in [9.17, 15) is 34.8 Å². The standard InChI is InChI=1S/C12H13F3N2O6S2/c1-8(2)11(18)16-9-5-4-6-10(7-9)24(19,20)17(3)23-25(21,22)12(13,14)15/h4-7H,1H2,2-3H3,(H,16,18). The van der Waals surface area contributed by atoms with Crippen molar-refractivity contribution >= 4 is 31.7 Å². The summed E-state index contributed by atoms with van der Waals surface area (Å²) in [6.07, 6.45) is 0. The van der Waals surface area contributed by atoms with Crippen LogP contribution in [0.25, 0.3) is 0 Å². The first-order valence-corrected chi connectivity index (χ1v) is 9.10. The number of nitrogens with zero attached hydrogens (tertiary/aromatic N) is 1. The molecule has 0 aromatic heterocycles. The second-order valence-corrected chi connectivity index (χ2v) is 8.11. The molecule has 0 heterocycles. The van der Waals surface area contributed by atoms with Crippen LogP contribution in [-0.2, 0) is 29.2 Å². The first-order chi connectivity index (χ1) is 11.2. The molecule has 13 heteroatoms. The van der Waals surface area contributed by atoms with Crippen LogP contribution in [0, 0.1) is 0 Å². The van der Waals surface area contributed by atoms with Crippen LogP contribution >= 0.6 is 0 Å². The van der Waals surface area contributed by atoms with Gasteiger partial charge in [-0.2, -0.15) is 25.9 Å². The summed E-state index contributed by atoms with van der Waals surface area (Å²) in [4.78, 5) is 10.9. The van der Waals surface area contributed by atoms with Crippen LogP contribution in [0.5, 0.6) is 0 Å². The van der Waals surface area contributed by atoms with E-state index < -0.39 is 40.9 Å². The van der Waals surface area contributed by atoms with E-state index in [-0.39, 0.29) is 11.3 Å². The van der Waals surface area contributed by atoms with Gasteiger partial charge < -0.3 is 5.32 Å². The van der Waals surface area contributed by atoms with Crippen molar-refractivity contribution in [1.29, 1.82) is 0 Å². The van der Waals surface area contributed by atoms with Gasteiger partial charge in [0.05, 0.1) is 4.90 Å². The van der Waals surface area contributed by atoms with Gasteiger partial charge in [-0.25, -0.2) is 8.42 Å². The van der Waals surface area contributed by atoms with Gasteiger partial charge in [0.1, 0.15) is 0 Å². The van der Waals surface area contributed by atoms with E-state index in [1.807, 2.05) is 0 Å². The van der Waals surface area contributed by atoms with Crippen molar-refractivity contribution in [3.05, 3.63) is 36.4 Å². The van der Waals surface area contributed by atoms with Crippen LogP contribution in [0.3, 0.4) is 0 Å². The normalized spacial score (nSPS) is 12.9. The lowest BCUT2D eigenvalue weighted by atomic mass is 10.3. The minimum Gasteiger partial charge on any atom is -0.322 e. The molecule has 0 aliphatic carbocycles. The minimum atomic E-state index is -6.16. The molecule has 140 valence electrons. The highest BCUT2D eigenvalue weighted by Crippen LogP contribution is 2.27. The zero-order valence-corrected chi connectivity index (χ0v) is 14.5. The Balaban J connectivity index is 3.14. The number of nitrogens with one attached hydrogen (secondary N) is 1. The van der Waals surface area contributed by atoms with Gasteiger partial charge in [-0.05, 0) is 25.1 Å². The van der Waals surface area contributed by atoms with Crippen molar-refractivity contribution < 1.29 is 39.1 Å². The number of sulfonamides is 1. The fourth-order valence-corrected chi connectivity index (χ4v) is 3.09. The highest BCUT2D eigenvalue weighted by Gasteiger charge is 2.49. The Bertz CT molecular complexity index is 894. The van der Waals surface area contributed by atoms with Gasteiger partial charge in [0.25, 0.3) is 15.9 Å². The van der Waals surface area contributed by atoms with E-state index in [2.05, 4.69) is 16.2 Å². The molecule has 0 fully saturated rings. The number of hydrogen-bond donors (Lipinski definition) is 1. The molecule has 0 saturated carbocycles. The lowest BCUT2D eigenvalue weighted by Gasteiger charge is -2.17. The quantitative estimate of drug-likeness (QED) is 0.440. The Morgan fingerprint density at radius 3 is 2.28 bits per heavy atom. The third kappa shape index (κ3) is 5.01. The summed E-state index contributed by atoms with van der Waals surface area (Å²) in [5.74, 6) is -0.612. The van der Waals surface area contributed by atoms with Gasteiger partial charge in [-0.1, -0.05) is 17.1 Å². The van der Waals surface area contributed by atoms with E-state index in [1.165, 1.54) is 19.1 Å². The summed E-state index contributed by atoms with van der Waals surface area (Å²) < 4.78 is 86.1. The zero-order chi connectivity index (χ0) is 19.6. The van der Waals surface area contributed by atoms with Gasteiger partial charge >= 0.3 is 15.6 Å². The summed E-state index contributed by atoms with van der Waals surface area (Å²) in [5, 5.41) is 2.30. The summed E-state index contributed by atoms with van der Waals surface area (Å²) in [7, 11) is -10.4. The van der Waals surface area contributed by atoms with Crippen molar-refractivity contribution in [2.24, 2.45) is 0 Å². The molecule has 1 aromatic carbocycles.